The van der Waals surface area contributed by atoms with Gasteiger partial charge in [0.15, 0.2) is 6.29 Å². The number of nitrogens with zero attached hydrogens (tertiary/aromatic N) is 1. The van der Waals surface area contributed by atoms with Gasteiger partial charge in [-0.1, -0.05) is 92.6 Å². The van der Waals surface area contributed by atoms with Crippen molar-refractivity contribution < 1.29 is 56.5 Å². The van der Waals surface area contributed by atoms with Crippen molar-refractivity contribution in [3.63, 3.8) is 0 Å². The maximum atomic E-state index is 13.0. The van der Waals surface area contributed by atoms with Crippen molar-refractivity contribution in [1.82, 2.24) is 4.57 Å². The Labute approximate surface area is 474 Å². The van der Waals surface area contributed by atoms with Crippen LogP contribution in [-0.2, 0) is 55.1 Å². The molecular weight excluding hydrogens is 1060 g/mol. The fourth-order valence-corrected chi connectivity index (χ4v) is 12.3. The lowest BCUT2D eigenvalue weighted by molar-refractivity contribution is -0.136. The Morgan fingerprint density at radius 3 is 1.76 bits per heavy atom. The third kappa shape index (κ3) is 14.1. The highest BCUT2D eigenvalue weighted by Crippen LogP contribution is 2.54. The fraction of sp³-hybridized carbons (Fsp3) is 0.413. The van der Waals surface area contributed by atoms with Gasteiger partial charge in [-0.2, -0.15) is 0 Å². The molecule has 2 fully saturated rings. The zero-order valence-corrected chi connectivity index (χ0v) is 49.4. The molecule has 4 aliphatic rings. The van der Waals surface area contributed by atoms with Crippen molar-refractivity contribution in [2.24, 2.45) is 5.92 Å². The number of aldehydes is 1. The van der Waals surface area contributed by atoms with Crippen LogP contribution in [0.5, 0.6) is 0 Å². The summed E-state index contributed by atoms with van der Waals surface area (Å²) in [4.78, 5) is 61.0. The molecule has 0 N–H and O–H groups in total. The molecule has 0 unspecified atom stereocenters. The van der Waals surface area contributed by atoms with E-state index in [1.807, 2.05) is 102 Å². The summed E-state index contributed by atoms with van der Waals surface area (Å²) in [6.07, 6.45) is 15.5. The van der Waals surface area contributed by atoms with Gasteiger partial charge >= 0.3 is 31.5 Å². The van der Waals surface area contributed by atoms with Gasteiger partial charge in [0.2, 0.25) is 0 Å². The molecule has 2 heterocycles. The second kappa shape index (κ2) is 25.6. The second-order valence-corrected chi connectivity index (χ2v) is 25.4. The molecule has 0 bridgehead atoms. The molecule has 420 valence electrons. The Bertz CT molecular complexity index is 3280. The van der Waals surface area contributed by atoms with E-state index in [9.17, 15) is 28.5 Å². The summed E-state index contributed by atoms with van der Waals surface area (Å²) >= 11 is 12.5. The minimum Gasteiger partial charge on any atom is -0.466 e. The molecular formula is C63H72Cl2NO12P. The SMILES string of the molecule is C=C(C(=O)OC)P(=O)(OC)OC.CC(C)(C)OC(=O)c1ccc2c(c1)CC(c1ccc(Cl)cc1C=O)=C2C1CCCCC1.COC(=O)C1=Cc2cc(Cl)ccc2-c2c(C3CCCCC3)c3ccc(C(=O)OC(C)(C)C)cc3n2C1. The van der Waals surface area contributed by atoms with Crippen LogP contribution in [0.1, 0.15) is 171 Å². The minimum atomic E-state index is -3.51. The Kier molecular flexibility index (Phi) is 19.6. The Balaban J connectivity index is 0.000000192. The lowest BCUT2D eigenvalue weighted by Crippen LogP contribution is -2.24. The molecule has 0 amide bonds. The Hall–Kier alpha value is -6.08. The molecule has 9 rings (SSSR count). The molecule has 16 heteroatoms. The van der Waals surface area contributed by atoms with Crippen LogP contribution in [0.3, 0.4) is 0 Å². The summed E-state index contributed by atoms with van der Waals surface area (Å²) in [5.74, 6) is -0.951. The molecule has 5 aromatic rings. The topological polar surface area (TPSA) is 163 Å². The summed E-state index contributed by atoms with van der Waals surface area (Å²) in [6, 6.07) is 23.1. The number of carbonyl (C=O) groups excluding carboxylic acids is 5. The van der Waals surface area contributed by atoms with E-state index in [4.69, 9.17) is 37.4 Å². The standard InChI is InChI=1S/C30H32ClNO4.C27H29ClO3.C6H11O5P/c1-30(2,3)36-29(34)19-10-12-24-25(16-19)32-17-21(28(33)35-4)14-20-15-22(31)11-13-23(20)27(32)26(24)18-8-6-5-7-9-18;1-27(2,3)31-26(30)18-9-11-23-19(13-18)15-24(25(23)17-7-5-4-6-8-17)22-12-10-21(28)14-20(22)16-29;1-5(6(7)9-2)12(8,10-3)11-4/h10-16,18H,5-9,17H2,1-4H3;9-14,16-17H,4-8,15H2,1-3H3;1H2,2-4H3. The van der Waals surface area contributed by atoms with E-state index in [-0.39, 0.29) is 23.2 Å². The number of hydrogen-bond acceptors (Lipinski definition) is 12. The molecule has 4 aromatic carbocycles. The zero-order valence-electron chi connectivity index (χ0n) is 47.0. The zero-order chi connectivity index (χ0) is 57.6. The summed E-state index contributed by atoms with van der Waals surface area (Å²) in [6.45, 7) is 14.8. The fourth-order valence-electron chi connectivity index (χ4n) is 11.1. The van der Waals surface area contributed by atoms with Crippen LogP contribution >= 0.6 is 30.8 Å². The predicted molar refractivity (Wildman–Crippen MR) is 312 cm³/mol. The number of methoxy groups -OCH3 is 2. The molecule has 79 heavy (non-hydrogen) atoms. The highest BCUT2D eigenvalue weighted by molar-refractivity contribution is 7.59. The predicted octanol–water partition coefficient (Wildman–Crippen LogP) is 15.8. The molecule has 1 aliphatic heterocycles. The van der Waals surface area contributed by atoms with E-state index in [2.05, 4.69) is 37.1 Å². The van der Waals surface area contributed by atoms with Crippen molar-refractivity contribution in [2.45, 2.75) is 136 Å². The number of allylic oxidation sites excluding steroid dienone is 2. The molecule has 1 aromatic heterocycles. The second-order valence-electron chi connectivity index (χ2n) is 22.2. The van der Waals surface area contributed by atoms with Gasteiger partial charge in [0.25, 0.3) is 0 Å². The van der Waals surface area contributed by atoms with Gasteiger partial charge in [0.05, 0.1) is 43.2 Å². The first-order valence-electron chi connectivity index (χ1n) is 26.8. The summed E-state index contributed by atoms with van der Waals surface area (Å²) in [5.41, 5.74) is 12.2. The largest absolute Gasteiger partial charge is 0.466 e. The average molecular weight is 1140 g/mol. The quantitative estimate of drug-likeness (QED) is 0.0405. The molecule has 0 radical (unpaired) electrons. The number of aromatic nitrogens is 1. The van der Waals surface area contributed by atoms with Gasteiger partial charge in [0, 0.05) is 46.3 Å². The number of benzene rings is 4. The maximum Gasteiger partial charge on any atom is 0.367 e. The van der Waals surface area contributed by atoms with Crippen molar-refractivity contribution in [3.05, 3.63) is 145 Å². The summed E-state index contributed by atoms with van der Waals surface area (Å²) < 4.78 is 43.2. The Morgan fingerprint density at radius 2 is 1.20 bits per heavy atom. The van der Waals surface area contributed by atoms with Gasteiger partial charge < -0.3 is 32.6 Å². The van der Waals surface area contributed by atoms with Gasteiger partial charge in [-0.25, -0.2) is 19.2 Å². The van der Waals surface area contributed by atoms with Gasteiger partial charge in [0.1, 0.15) is 16.5 Å². The van der Waals surface area contributed by atoms with E-state index in [0.29, 0.717) is 57.1 Å². The van der Waals surface area contributed by atoms with E-state index in [1.165, 1.54) is 82.1 Å². The van der Waals surface area contributed by atoms with Crippen LogP contribution in [0.4, 0.5) is 0 Å². The van der Waals surface area contributed by atoms with Gasteiger partial charge in [-0.15, -0.1) is 0 Å². The number of carbonyl (C=O) groups is 5. The first-order valence-corrected chi connectivity index (χ1v) is 29.1. The molecule has 2 saturated carbocycles. The summed E-state index contributed by atoms with van der Waals surface area (Å²) in [5, 5.41) is 1.99. The van der Waals surface area contributed by atoms with E-state index in [0.717, 1.165) is 77.9 Å². The molecule has 13 nitrogen and oxygen atoms in total. The molecule has 0 atom stereocenters. The highest BCUT2D eigenvalue weighted by atomic mass is 35.5. The number of ether oxygens (including phenoxy) is 4. The molecule has 0 spiro atoms. The number of halogens is 2. The van der Waals surface area contributed by atoms with Crippen molar-refractivity contribution >= 4 is 89.1 Å². The van der Waals surface area contributed by atoms with E-state index in [1.54, 1.807) is 6.07 Å². The van der Waals surface area contributed by atoms with Crippen molar-refractivity contribution in [2.75, 3.05) is 28.4 Å². The van der Waals surface area contributed by atoms with Crippen LogP contribution < -0.4 is 0 Å². The van der Waals surface area contributed by atoms with Crippen molar-refractivity contribution in [1.29, 1.82) is 0 Å². The lowest BCUT2D eigenvalue weighted by atomic mass is 9.79. The lowest BCUT2D eigenvalue weighted by Gasteiger charge is -2.25. The third-order valence-electron chi connectivity index (χ3n) is 14.6. The monoisotopic (exact) mass is 1140 g/mol. The normalized spacial score (nSPS) is 15.6. The first kappa shape index (κ1) is 60.6. The number of rotatable bonds is 11. The molecule has 3 aliphatic carbocycles. The Morgan fingerprint density at radius 1 is 0.658 bits per heavy atom. The molecule has 0 saturated heterocycles. The summed E-state index contributed by atoms with van der Waals surface area (Å²) in [7, 11) is 1.37. The third-order valence-corrected chi connectivity index (χ3v) is 16.8. The highest BCUT2D eigenvalue weighted by Gasteiger charge is 2.35. The van der Waals surface area contributed by atoms with Crippen LogP contribution in [0.25, 0.3) is 39.4 Å². The van der Waals surface area contributed by atoms with E-state index < -0.39 is 24.8 Å². The average Bonchev–Trinajstić information content (AvgIpc) is 3.93. The van der Waals surface area contributed by atoms with Crippen LogP contribution in [0.15, 0.2) is 90.3 Å². The van der Waals surface area contributed by atoms with Crippen LogP contribution in [-0.4, -0.2) is 74.4 Å². The van der Waals surface area contributed by atoms with Crippen LogP contribution in [0, 0.1) is 5.92 Å². The van der Waals surface area contributed by atoms with Crippen LogP contribution in [0.2, 0.25) is 10.0 Å². The smallest absolute Gasteiger partial charge is 0.367 e. The van der Waals surface area contributed by atoms with Gasteiger partial charge in [-0.05, 0) is 179 Å². The van der Waals surface area contributed by atoms with E-state index >= 15 is 0 Å². The van der Waals surface area contributed by atoms with Gasteiger partial charge in [-0.3, -0.25) is 9.36 Å². The first-order chi connectivity index (χ1) is 37.4. The maximum absolute atomic E-state index is 13.0. The minimum absolute atomic E-state index is 0.303. The number of esters is 4. The number of hydrogen-bond donors (Lipinski definition) is 0. The van der Waals surface area contributed by atoms with Crippen molar-refractivity contribution in [3.8, 4) is 11.3 Å². The number of fused-ring (bicyclic) bond motifs is 6.